The zero-order valence-corrected chi connectivity index (χ0v) is 12.2. The van der Waals surface area contributed by atoms with Crippen LogP contribution in [-0.4, -0.2) is 0 Å². The monoisotopic (exact) mass is 297 g/mol. The summed E-state index contributed by atoms with van der Waals surface area (Å²) in [5.74, 6) is 0.449. The van der Waals surface area contributed by atoms with Crippen LogP contribution in [-0.2, 0) is 21.7 Å². The summed E-state index contributed by atoms with van der Waals surface area (Å²) in [7, 11) is 0. The standard InChI is InChI=1S/C14H11.2ClH.Ti/c1-2-6-11(5-1)14-10-9-12-7-3-4-8-13(12)14;;;/h1,3-5,7-10,14H,2H2;2*1H;/q-1;;;+3/p-2. The van der Waals surface area contributed by atoms with E-state index in [0.717, 1.165) is 6.42 Å². The van der Waals surface area contributed by atoms with Crippen molar-refractivity contribution in [3.8, 4) is 0 Å². The van der Waals surface area contributed by atoms with Crippen molar-refractivity contribution in [1.82, 2.24) is 0 Å². The van der Waals surface area contributed by atoms with Gasteiger partial charge < -0.3 is 24.8 Å². The average Bonchev–Trinajstić information content (AvgIpc) is 2.85. The summed E-state index contributed by atoms with van der Waals surface area (Å²) in [6.07, 6.45) is 13.2. The first-order chi connectivity index (χ1) is 6.95. The van der Waals surface area contributed by atoms with Crippen LogP contribution in [0.1, 0.15) is 23.5 Å². The van der Waals surface area contributed by atoms with Crippen molar-refractivity contribution in [2.75, 3.05) is 0 Å². The van der Waals surface area contributed by atoms with Gasteiger partial charge in [-0.2, -0.15) is 6.08 Å². The topological polar surface area (TPSA) is 0 Å². The van der Waals surface area contributed by atoms with E-state index in [1.54, 1.807) is 0 Å². The van der Waals surface area contributed by atoms with Crippen molar-refractivity contribution in [2.24, 2.45) is 0 Å². The molecule has 1 unspecified atom stereocenters. The molecule has 85 valence electrons. The van der Waals surface area contributed by atoms with Gasteiger partial charge >= 0.3 is 21.7 Å². The maximum absolute atomic E-state index is 3.39. The number of rotatable bonds is 1. The quantitative estimate of drug-likeness (QED) is 0.397. The van der Waals surface area contributed by atoms with Crippen LogP contribution in [0.3, 0.4) is 0 Å². The van der Waals surface area contributed by atoms with E-state index in [1.165, 1.54) is 16.7 Å². The second-order valence-electron chi connectivity index (χ2n) is 3.70. The van der Waals surface area contributed by atoms with E-state index < -0.39 is 0 Å². The Hall–Kier alpha value is -0.266. The largest absolute Gasteiger partial charge is 3.00 e. The Morgan fingerprint density at radius 2 is 1.82 bits per heavy atom. The predicted octanol–water partition coefficient (Wildman–Crippen LogP) is -2.51. The zero-order valence-electron chi connectivity index (χ0n) is 9.16. The summed E-state index contributed by atoms with van der Waals surface area (Å²) in [4.78, 5) is 0. The minimum absolute atomic E-state index is 0. The fourth-order valence-electron chi connectivity index (χ4n) is 2.16. The van der Waals surface area contributed by atoms with E-state index >= 15 is 0 Å². The van der Waals surface area contributed by atoms with E-state index in [-0.39, 0.29) is 46.5 Å². The van der Waals surface area contributed by atoms with Gasteiger partial charge in [-0.25, -0.2) is 11.6 Å². The molecular weight excluding hydrogens is 287 g/mol. The molecule has 2 aliphatic rings. The van der Waals surface area contributed by atoms with E-state index in [1.807, 2.05) is 0 Å². The van der Waals surface area contributed by atoms with Crippen LogP contribution in [0.15, 0.2) is 48.1 Å². The second-order valence-corrected chi connectivity index (χ2v) is 3.70. The van der Waals surface area contributed by atoms with Crippen LogP contribution in [0.4, 0.5) is 0 Å². The Morgan fingerprint density at radius 3 is 2.53 bits per heavy atom. The van der Waals surface area contributed by atoms with Crippen LogP contribution in [0.2, 0.25) is 0 Å². The SMILES string of the molecule is [C-]1=C(C2C=Cc3ccccc32)C=CC1.[Cl-].[Cl-].[Ti+3]. The number of fused-ring (bicyclic) bond motifs is 1. The maximum Gasteiger partial charge on any atom is 3.00 e. The fourth-order valence-corrected chi connectivity index (χ4v) is 2.16. The average molecular weight is 298 g/mol. The van der Waals surface area contributed by atoms with Crippen molar-refractivity contribution in [3.63, 3.8) is 0 Å². The Bertz CT molecular complexity index is 461. The van der Waals surface area contributed by atoms with Crippen LogP contribution >= 0.6 is 0 Å². The zero-order chi connectivity index (χ0) is 9.38. The molecule has 0 amide bonds. The molecule has 2 aliphatic carbocycles. The number of allylic oxidation sites excluding steroid dienone is 5. The molecule has 3 heteroatoms. The molecule has 1 aromatic carbocycles. The fraction of sp³-hybridized carbons (Fsp3) is 0.143. The normalized spacial score (nSPS) is 18.6. The first-order valence-electron chi connectivity index (χ1n) is 4.99. The Kier molecular flexibility index (Phi) is 7.12. The summed E-state index contributed by atoms with van der Waals surface area (Å²) in [5.41, 5.74) is 4.10. The van der Waals surface area contributed by atoms with Gasteiger partial charge in [0.2, 0.25) is 0 Å². The molecule has 0 N–H and O–H groups in total. The van der Waals surface area contributed by atoms with Gasteiger partial charge in [-0.15, -0.1) is 6.42 Å². The number of halogens is 2. The molecule has 0 spiro atoms. The van der Waals surface area contributed by atoms with Crippen LogP contribution in [0.5, 0.6) is 0 Å². The minimum Gasteiger partial charge on any atom is -1.00 e. The van der Waals surface area contributed by atoms with Crippen molar-refractivity contribution in [2.45, 2.75) is 12.3 Å². The molecule has 0 aliphatic heterocycles. The molecule has 0 saturated carbocycles. The van der Waals surface area contributed by atoms with E-state index in [2.05, 4.69) is 54.6 Å². The molecule has 17 heavy (non-hydrogen) atoms. The molecular formula is C14H11Cl2Ti. The summed E-state index contributed by atoms with van der Waals surface area (Å²) in [6, 6.07) is 8.58. The van der Waals surface area contributed by atoms with Crippen LogP contribution in [0.25, 0.3) is 6.08 Å². The summed E-state index contributed by atoms with van der Waals surface area (Å²) >= 11 is 0. The predicted molar refractivity (Wildman–Crippen MR) is 58.7 cm³/mol. The minimum atomic E-state index is 0. The molecule has 0 bridgehead atoms. The maximum atomic E-state index is 3.39. The second kappa shape index (κ2) is 7.23. The first-order valence-corrected chi connectivity index (χ1v) is 4.99. The molecule has 0 nitrogen and oxygen atoms in total. The van der Waals surface area contributed by atoms with Crippen molar-refractivity contribution >= 4 is 6.08 Å². The molecule has 3 rings (SSSR count). The van der Waals surface area contributed by atoms with Crippen molar-refractivity contribution in [1.29, 1.82) is 0 Å². The summed E-state index contributed by atoms with van der Waals surface area (Å²) in [5, 5.41) is 0. The Labute approximate surface area is 130 Å². The van der Waals surface area contributed by atoms with Crippen molar-refractivity contribution < 1.29 is 46.5 Å². The number of hydrogen-bond acceptors (Lipinski definition) is 0. The molecule has 0 aromatic heterocycles. The van der Waals surface area contributed by atoms with Gasteiger partial charge in [0.25, 0.3) is 0 Å². The number of benzene rings is 1. The third-order valence-electron chi connectivity index (χ3n) is 2.86. The molecule has 0 fully saturated rings. The smallest absolute Gasteiger partial charge is 1.00 e. The van der Waals surface area contributed by atoms with Crippen LogP contribution < -0.4 is 24.8 Å². The molecule has 0 heterocycles. The Balaban J connectivity index is 0.000000853. The number of hydrogen-bond donors (Lipinski definition) is 0. The summed E-state index contributed by atoms with van der Waals surface area (Å²) < 4.78 is 0. The van der Waals surface area contributed by atoms with Gasteiger partial charge in [0.15, 0.2) is 0 Å². The Morgan fingerprint density at radius 1 is 1.06 bits per heavy atom. The van der Waals surface area contributed by atoms with Crippen LogP contribution in [0, 0.1) is 6.08 Å². The van der Waals surface area contributed by atoms with Gasteiger partial charge in [-0.1, -0.05) is 36.4 Å². The van der Waals surface area contributed by atoms with E-state index in [4.69, 9.17) is 0 Å². The third kappa shape index (κ3) is 3.14. The van der Waals surface area contributed by atoms with E-state index in [0.29, 0.717) is 5.92 Å². The van der Waals surface area contributed by atoms with Gasteiger partial charge in [0.1, 0.15) is 0 Å². The molecule has 1 radical (unpaired) electrons. The molecule has 1 aromatic rings. The molecule has 0 saturated heterocycles. The third-order valence-corrected chi connectivity index (χ3v) is 2.86. The van der Waals surface area contributed by atoms with Crippen molar-refractivity contribution in [3.05, 3.63) is 65.3 Å². The van der Waals surface area contributed by atoms with E-state index in [9.17, 15) is 0 Å². The molecule has 1 atom stereocenters. The van der Waals surface area contributed by atoms with Gasteiger partial charge in [0.05, 0.1) is 0 Å². The summed E-state index contributed by atoms with van der Waals surface area (Å²) in [6.45, 7) is 0. The van der Waals surface area contributed by atoms with Gasteiger partial charge in [-0.05, 0) is 17.0 Å². The first kappa shape index (κ1) is 16.7. The van der Waals surface area contributed by atoms with Gasteiger partial charge in [0, 0.05) is 0 Å². The van der Waals surface area contributed by atoms with Gasteiger partial charge in [-0.3, -0.25) is 6.08 Å².